The maximum atomic E-state index is 12.5. The van der Waals surface area contributed by atoms with Crippen molar-refractivity contribution in [2.75, 3.05) is 24.1 Å². The number of aryl methyl sites for hydroxylation is 1. The van der Waals surface area contributed by atoms with Gasteiger partial charge in [-0.2, -0.15) is 4.98 Å². The third-order valence-corrected chi connectivity index (χ3v) is 7.48. The number of halogens is 1. The molecule has 4 N–H and O–H groups in total. The van der Waals surface area contributed by atoms with E-state index in [1.807, 2.05) is 43.3 Å². The second kappa shape index (κ2) is 10.5. The standard InChI is InChI=1S/C23H29N5O2S.ClH/c1-16-6-12-19(13-7-16)31(29,30)26-15-18-10-8-17(9-11-18)14-25-23-27-21-5-3-2-4-20(21)22(24)28-23;/h2-7,12-13,17-18,26H,8-11,14-15H2,1H3,(H3,24,25,27,28);1H. The van der Waals surface area contributed by atoms with Crippen molar-refractivity contribution in [1.82, 2.24) is 14.7 Å². The molecule has 0 unspecified atom stereocenters. The van der Waals surface area contributed by atoms with Crippen molar-refractivity contribution in [2.24, 2.45) is 11.8 Å². The van der Waals surface area contributed by atoms with E-state index in [9.17, 15) is 8.42 Å². The van der Waals surface area contributed by atoms with Crippen LogP contribution in [0.5, 0.6) is 0 Å². The number of sulfonamides is 1. The Hall–Kier alpha value is -2.42. The van der Waals surface area contributed by atoms with Crippen molar-refractivity contribution >= 4 is 45.1 Å². The smallest absolute Gasteiger partial charge is 0.240 e. The van der Waals surface area contributed by atoms with Gasteiger partial charge in [-0.25, -0.2) is 18.1 Å². The Balaban J connectivity index is 0.00000289. The summed E-state index contributed by atoms with van der Waals surface area (Å²) < 4.78 is 27.8. The largest absolute Gasteiger partial charge is 0.383 e. The zero-order valence-electron chi connectivity index (χ0n) is 18.1. The van der Waals surface area contributed by atoms with E-state index in [0.29, 0.717) is 35.0 Å². The van der Waals surface area contributed by atoms with Gasteiger partial charge in [0.15, 0.2) is 0 Å². The van der Waals surface area contributed by atoms with Crippen LogP contribution in [0.2, 0.25) is 0 Å². The quantitative estimate of drug-likeness (QED) is 0.473. The molecule has 3 aromatic rings. The SMILES string of the molecule is Cc1ccc(S(=O)(=O)NCC2CCC(CNc3nc(N)c4ccccc4n3)CC2)cc1.Cl. The highest BCUT2D eigenvalue weighted by Gasteiger charge is 2.23. The molecule has 0 amide bonds. The van der Waals surface area contributed by atoms with Crippen LogP contribution in [0.3, 0.4) is 0 Å². The van der Waals surface area contributed by atoms with Crippen LogP contribution >= 0.6 is 12.4 Å². The Morgan fingerprint density at radius 3 is 2.25 bits per heavy atom. The van der Waals surface area contributed by atoms with Crippen molar-refractivity contribution in [3.05, 3.63) is 54.1 Å². The lowest BCUT2D eigenvalue weighted by molar-refractivity contribution is 0.284. The van der Waals surface area contributed by atoms with Gasteiger partial charge in [0.1, 0.15) is 5.82 Å². The number of hydrogen-bond donors (Lipinski definition) is 3. The molecule has 32 heavy (non-hydrogen) atoms. The maximum absolute atomic E-state index is 12.5. The predicted molar refractivity (Wildman–Crippen MR) is 132 cm³/mol. The van der Waals surface area contributed by atoms with E-state index in [2.05, 4.69) is 20.0 Å². The van der Waals surface area contributed by atoms with Crippen LogP contribution in [0, 0.1) is 18.8 Å². The monoisotopic (exact) mass is 475 g/mol. The minimum absolute atomic E-state index is 0. The molecule has 1 fully saturated rings. The number of aromatic nitrogens is 2. The van der Waals surface area contributed by atoms with Gasteiger partial charge in [-0.3, -0.25) is 0 Å². The van der Waals surface area contributed by atoms with Crippen LogP contribution in [-0.4, -0.2) is 31.5 Å². The second-order valence-corrected chi connectivity index (χ2v) is 10.1. The molecular formula is C23H30ClN5O2S. The topological polar surface area (TPSA) is 110 Å². The number of para-hydroxylation sites is 1. The summed E-state index contributed by atoms with van der Waals surface area (Å²) in [7, 11) is -3.45. The summed E-state index contributed by atoms with van der Waals surface area (Å²) in [6, 6.07) is 14.7. The van der Waals surface area contributed by atoms with E-state index in [4.69, 9.17) is 5.73 Å². The first kappa shape index (κ1) is 24.2. The first-order valence-corrected chi connectivity index (χ1v) is 12.2. The van der Waals surface area contributed by atoms with Crippen LogP contribution in [0.1, 0.15) is 31.2 Å². The molecular weight excluding hydrogens is 446 g/mol. The predicted octanol–water partition coefficient (Wildman–Crippen LogP) is 4.14. The van der Waals surface area contributed by atoms with Crippen LogP contribution in [0.4, 0.5) is 11.8 Å². The molecule has 1 aliphatic rings. The molecule has 1 heterocycles. The molecule has 2 aromatic carbocycles. The number of nitrogens with one attached hydrogen (secondary N) is 2. The highest BCUT2D eigenvalue weighted by atomic mass is 35.5. The molecule has 0 atom stereocenters. The molecule has 0 spiro atoms. The number of fused-ring (bicyclic) bond motifs is 1. The number of nitrogen functional groups attached to an aromatic ring is 1. The van der Waals surface area contributed by atoms with Gasteiger partial charge in [0.05, 0.1) is 10.4 Å². The Bertz CT molecular complexity index is 1150. The van der Waals surface area contributed by atoms with Crippen LogP contribution < -0.4 is 15.8 Å². The number of hydrogen-bond acceptors (Lipinski definition) is 6. The van der Waals surface area contributed by atoms with Gasteiger partial charge < -0.3 is 11.1 Å². The summed E-state index contributed by atoms with van der Waals surface area (Å²) in [4.78, 5) is 9.24. The zero-order chi connectivity index (χ0) is 21.8. The van der Waals surface area contributed by atoms with Crippen molar-refractivity contribution < 1.29 is 8.42 Å². The molecule has 7 nitrogen and oxygen atoms in total. The minimum atomic E-state index is -3.45. The molecule has 9 heteroatoms. The van der Waals surface area contributed by atoms with Gasteiger partial charge in [0.2, 0.25) is 16.0 Å². The van der Waals surface area contributed by atoms with Gasteiger partial charge in [-0.1, -0.05) is 29.8 Å². The Labute approximate surface area is 195 Å². The molecule has 4 rings (SSSR count). The third-order valence-electron chi connectivity index (χ3n) is 6.04. The third kappa shape index (κ3) is 5.88. The number of anilines is 2. The van der Waals surface area contributed by atoms with E-state index in [0.717, 1.165) is 48.7 Å². The molecule has 1 saturated carbocycles. The lowest BCUT2D eigenvalue weighted by Gasteiger charge is -2.28. The van der Waals surface area contributed by atoms with Crippen LogP contribution in [0.25, 0.3) is 10.9 Å². The van der Waals surface area contributed by atoms with Gasteiger partial charge in [0.25, 0.3) is 0 Å². The number of benzene rings is 2. The average molecular weight is 476 g/mol. The molecule has 1 aromatic heterocycles. The van der Waals surface area contributed by atoms with Crippen LogP contribution in [-0.2, 0) is 10.0 Å². The number of nitrogens with two attached hydrogens (primary N) is 1. The highest BCUT2D eigenvalue weighted by molar-refractivity contribution is 7.89. The summed E-state index contributed by atoms with van der Waals surface area (Å²) in [5.41, 5.74) is 7.93. The van der Waals surface area contributed by atoms with E-state index in [1.165, 1.54) is 0 Å². The van der Waals surface area contributed by atoms with Crippen molar-refractivity contribution in [1.29, 1.82) is 0 Å². The first-order chi connectivity index (χ1) is 14.9. The maximum Gasteiger partial charge on any atom is 0.240 e. The number of nitrogens with zero attached hydrogens (tertiary/aromatic N) is 2. The normalized spacial score (nSPS) is 18.8. The zero-order valence-corrected chi connectivity index (χ0v) is 19.8. The number of rotatable bonds is 7. The van der Waals surface area contributed by atoms with Gasteiger partial charge in [-0.05, 0) is 68.7 Å². The Kier molecular flexibility index (Phi) is 7.92. The minimum Gasteiger partial charge on any atom is -0.383 e. The van der Waals surface area contributed by atoms with Crippen LogP contribution in [0.15, 0.2) is 53.4 Å². The van der Waals surface area contributed by atoms with Crippen molar-refractivity contribution in [3.63, 3.8) is 0 Å². The fourth-order valence-corrected chi connectivity index (χ4v) is 5.20. The lowest BCUT2D eigenvalue weighted by atomic mass is 9.82. The van der Waals surface area contributed by atoms with E-state index in [1.54, 1.807) is 12.1 Å². The fourth-order valence-electron chi connectivity index (χ4n) is 4.08. The second-order valence-electron chi connectivity index (χ2n) is 8.38. The highest BCUT2D eigenvalue weighted by Crippen LogP contribution is 2.29. The summed E-state index contributed by atoms with van der Waals surface area (Å²) in [5.74, 6) is 1.92. The summed E-state index contributed by atoms with van der Waals surface area (Å²) in [6.45, 7) is 3.22. The summed E-state index contributed by atoms with van der Waals surface area (Å²) in [5, 5.41) is 4.19. The van der Waals surface area contributed by atoms with Gasteiger partial charge in [-0.15, -0.1) is 12.4 Å². The summed E-state index contributed by atoms with van der Waals surface area (Å²) >= 11 is 0. The van der Waals surface area contributed by atoms with Crippen molar-refractivity contribution in [3.8, 4) is 0 Å². The first-order valence-electron chi connectivity index (χ1n) is 10.7. The Morgan fingerprint density at radius 2 is 1.56 bits per heavy atom. The van der Waals surface area contributed by atoms with Gasteiger partial charge >= 0.3 is 0 Å². The summed E-state index contributed by atoms with van der Waals surface area (Å²) in [6.07, 6.45) is 4.10. The molecule has 0 radical (unpaired) electrons. The fraction of sp³-hybridized carbons (Fsp3) is 0.391. The molecule has 0 bridgehead atoms. The molecule has 0 aliphatic heterocycles. The Morgan fingerprint density at radius 1 is 0.938 bits per heavy atom. The molecule has 172 valence electrons. The van der Waals surface area contributed by atoms with E-state index >= 15 is 0 Å². The van der Waals surface area contributed by atoms with E-state index in [-0.39, 0.29) is 12.4 Å². The lowest BCUT2D eigenvalue weighted by Crippen LogP contribution is -2.32. The van der Waals surface area contributed by atoms with Crippen molar-refractivity contribution in [2.45, 2.75) is 37.5 Å². The molecule has 0 saturated heterocycles. The average Bonchev–Trinajstić information content (AvgIpc) is 2.77. The van der Waals surface area contributed by atoms with Gasteiger partial charge in [0, 0.05) is 18.5 Å². The van der Waals surface area contributed by atoms with E-state index < -0.39 is 10.0 Å². The molecule has 1 aliphatic carbocycles.